The predicted octanol–water partition coefficient (Wildman–Crippen LogP) is 3.63. The van der Waals surface area contributed by atoms with Gasteiger partial charge in [-0.05, 0) is 44.4 Å². The van der Waals surface area contributed by atoms with Gasteiger partial charge in [-0.1, -0.05) is 13.8 Å². The summed E-state index contributed by atoms with van der Waals surface area (Å²) in [6, 6.07) is 0.772. The number of rotatable bonds is 6. The van der Waals surface area contributed by atoms with E-state index in [1.165, 1.54) is 47.7 Å². The maximum atomic E-state index is 6.03. The first-order valence-electron chi connectivity index (χ1n) is 8.56. The second kappa shape index (κ2) is 5.64. The fourth-order valence-corrected chi connectivity index (χ4v) is 4.88. The Morgan fingerprint density at radius 3 is 2.76 bits per heavy atom. The third-order valence-electron chi connectivity index (χ3n) is 4.95. The second-order valence-electron chi connectivity index (χ2n) is 7.39. The number of ether oxygens (including phenoxy) is 1. The van der Waals surface area contributed by atoms with Gasteiger partial charge >= 0.3 is 0 Å². The molecule has 1 N–H and O–H groups in total. The molecule has 4 heteroatoms. The van der Waals surface area contributed by atoms with Crippen LogP contribution in [0.5, 0.6) is 0 Å². The topological polar surface area (TPSA) is 34.1 Å². The van der Waals surface area contributed by atoms with Crippen molar-refractivity contribution in [2.45, 2.75) is 83.1 Å². The summed E-state index contributed by atoms with van der Waals surface area (Å²) in [6.07, 6.45) is 8.50. The van der Waals surface area contributed by atoms with Crippen LogP contribution in [0.3, 0.4) is 0 Å². The second-order valence-corrected chi connectivity index (χ2v) is 8.51. The molecule has 2 aliphatic heterocycles. The quantitative estimate of drug-likeness (QED) is 0.871. The van der Waals surface area contributed by atoms with Crippen molar-refractivity contribution >= 4 is 11.3 Å². The van der Waals surface area contributed by atoms with Crippen LogP contribution in [0.25, 0.3) is 0 Å². The highest BCUT2D eigenvalue weighted by molar-refractivity contribution is 7.11. The molecule has 3 heterocycles. The summed E-state index contributed by atoms with van der Waals surface area (Å²) >= 11 is 1.95. The Morgan fingerprint density at radius 1 is 1.29 bits per heavy atom. The summed E-state index contributed by atoms with van der Waals surface area (Å²) in [5.74, 6) is 1.25. The molecule has 1 aliphatic carbocycles. The minimum atomic E-state index is 0.456. The van der Waals surface area contributed by atoms with Crippen molar-refractivity contribution in [2.24, 2.45) is 5.92 Å². The van der Waals surface area contributed by atoms with E-state index in [4.69, 9.17) is 9.72 Å². The Bertz CT molecular complexity index is 509. The van der Waals surface area contributed by atoms with E-state index in [9.17, 15) is 0 Å². The Kier molecular flexibility index (Phi) is 3.80. The predicted molar refractivity (Wildman–Crippen MR) is 85.8 cm³/mol. The van der Waals surface area contributed by atoms with Crippen LogP contribution in [0.4, 0.5) is 0 Å². The normalized spacial score (nSPS) is 31.5. The van der Waals surface area contributed by atoms with Crippen molar-refractivity contribution in [3.05, 3.63) is 15.6 Å². The fraction of sp³-hybridized carbons (Fsp3) is 0.824. The van der Waals surface area contributed by atoms with Crippen molar-refractivity contribution in [1.82, 2.24) is 10.3 Å². The highest BCUT2D eigenvalue weighted by Gasteiger charge is 2.43. The summed E-state index contributed by atoms with van der Waals surface area (Å²) in [6.45, 7) is 5.60. The van der Waals surface area contributed by atoms with E-state index in [1.54, 1.807) is 0 Å². The zero-order valence-corrected chi connectivity index (χ0v) is 13.9. The lowest BCUT2D eigenvalue weighted by Gasteiger charge is -2.15. The van der Waals surface area contributed by atoms with Crippen LogP contribution in [0.1, 0.15) is 67.4 Å². The van der Waals surface area contributed by atoms with Crippen LogP contribution >= 0.6 is 11.3 Å². The first-order chi connectivity index (χ1) is 10.2. The summed E-state index contributed by atoms with van der Waals surface area (Å²) in [4.78, 5) is 6.53. The van der Waals surface area contributed by atoms with Gasteiger partial charge in [-0.2, -0.15) is 0 Å². The average Bonchev–Trinajstić information content (AvgIpc) is 2.86. The number of hydrogen-bond acceptors (Lipinski definition) is 4. The highest BCUT2D eigenvalue weighted by Crippen LogP contribution is 2.46. The third kappa shape index (κ3) is 3.03. The van der Waals surface area contributed by atoms with Crippen LogP contribution in [0, 0.1) is 5.92 Å². The number of nitrogens with one attached hydrogen (secondary N) is 1. The maximum Gasteiger partial charge on any atom is 0.0989 e. The fourth-order valence-electron chi connectivity index (χ4n) is 3.67. The van der Waals surface area contributed by atoms with Gasteiger partial charge < -0.3 is 10.1 Å². The lowest BCUT2D eigenvalue weighted by atomic mass is 9.90. The van der Waals surface area contributed by atoms with E-state index in [0.29, 0.717) is 24.0 Å². The van der Waals surface area contributed by atoms with Gasteiger partial charge in [0.15, 0.2) is 0 Å². The number of thiazole rings is 1. The summed E-state index contributed by atoms with van der Waals surface area (Å²) in [5.41, 5.74) is 1.35. The van der Waals surface area contributed by atoms with Crippen LogP contribution in [0.15, 0.2) is 0 Å². The molecule has 3 fully saturated rings. The van der Waals surface area contributed by atoms with Crippen molar-refractivity contribution in [2.75, 3.05) is 0 Å². The van der Waals surface area contributed by atoms with Crippen LogP contribution < -0.4 is 5.32 Å². The van der Waals surface area contributed by atoms with Crippen LogP contribution in [-0.4, -0.2) is 23.2 Å². The Labute approximate surface area is 131 Å². The smallest absolute Gasteiger partial charge is 0.0989 e. The van der Waals surface area contributed by atoms with E-state index in [0.717, 1.165) is 19.0 Å². The first-order valence-corrected chi connectivity index (χ1v) is 9.38. The molecule has 3 aliphatic rings. The Morgan fingerprint density at radius 2 is 2.14 bits per heavy atom. The van der Waals surface area contributed by atoms with Gasteiger partial charge in [0.2, 0.25) is 0 Å². The molecule has 116 valence electrons. The molecular formula is C17H26N2OS. The molecule has 3 nitrogen and oxygen atoms in total. The molecule has 1 saturated carbocycles. The molecule has 0 aromatic carbocycles. The molecule has 3 unspecified atom stereocenters. The SMILES string of the molecule is CC(C)Cc1nc(C2CC3CCC2O3)sc1CNC1CC1. The molecule has 1 aromatic rings. The molecule has 4 rings (SSSR count). The molecule has 0 radical (unpaired) electrons. The molecule has 3 atom stereocenters. The zero-order valence-electron chi connectivity index (χ0n) is 13.1. The van der Waals surface area contributed by atoms with Gasteiger partial charge in [-0.15, -0.1) is 11.3 Å². The van der Waals surface area contributed by atoms with Gasteiger partial charge in [-0.3, -0.25) is 0 Å². The van der Waals surface area contributed by atoms with Gasteiger partial charge in [0, 0.05) is 23.4 Å². The van der Waals surface area contributed by atoms with Gasteiger partial charge in [0.05, 0.1) is 22.9 Å². The zero-order chi connectivity index (χ0) is 14.4. The molecule has 21 heavy (non-hydrogen) atoms. The van der Waals surface area contributed by atoms with Crippen LogP contribution in [-0.2, 0) is 17.7 Å². The average molecular weight is 306 g/mol. The third-order valence-corrected chi connectivity index (χ3v) is 6.18. The summed E-state index contributed by atoms with van der Waals surface area (Å²) in [7, 11) is 0. The van der Waals surface area contributed by atoms with Crippen molar-refractivity contribution in [3.8, 4) is 0 Å². The minimum Gasteiger partial charge on any atom is -0.374 e. The minimum absolute atomic E-state index is 0.456. The summed E-state index contributed by atoms with van der Waals surface area (Å²) in [5, 5.41) is 5.02. The molecule has 0 amide bonds. The maximum absolute atomic E-state index is 6.03. The van der Waals surface area contributed by atoms with E-state index in [2.05, 4.69) is 19.2 Å². The van der Waals surface area contributed by atoms with E-state index < -0.39 is 0 Å². The van der Waals surface area contributed by atoms with Gasteiger partial charge in [0.25, 0.3) is 0 Å². The number of fused-ring (bicyclic) bond motifs is 2. The van der Waals surface area contributed by atoms with Crippen molar-refractivity contribution in [3.63, 3.8) is 0 Å². The highest BCUT2D eigenvalue weighted by atomic mass is 32.1. The van der Waals surface area contributed by atoms with Crippen molar-refractivity contribution < 1.29 is 4.74 Å². The first kappa shape index (κ1) is 14.2. The van der Waals surface area contributed by atoms with E-state index in [-0.39, 0.29) is 0 Å². The number of hydrogen-bond donors (Lipinski definition) is 1. The molecular weight excluding hydrogens is 280 g/mol. The largest absolute Gasteiger partial charge is 0.374 e. The molecule has 0 spiro atoms. The molecule has 2 saturated heterocycles. The standard InChI is InChI=1S/C17H26N2OS/c1-10(2)7-14-16(9-18-11-3-4-11)21-17(19-14)13-8-12-5-6-15(13)20-12/h10-13,15,18H,3-9H2,1-2H3. The Hall–Kier alpha value is -0.450. The van der Waals surface area contributed by atoms with Crippen molar-refractivity contribution in [1.29, 1.82) is 0 Å². The number of nitrogens with zero attached hydrogens (tertiary/aromatic N) is 1. The van der Waals surface area contributed by atoms with E-state index in [1.807, 2.05) is 11.3 Å². The lowest BCUT2D eigenvalue weighted by Crippen LogP contribution is -2.15. The van der Waals surface area contributed by atoms with Gasteiger partial charge in [-0.25, -0.2) is 4.98 Å². The molecule has 2 bridgehead atoms. The molecule has 1 aromatic heterocycles. The van der Waals surface area contributed by atoms with Crippen LogP contribution in [0.2, 0.25) is 0 Å². The number of aromatic nitrogens is 1. The van der Waals surface area contributed by atoms with Gasteiger partial charge in [0.1, 0.15) is 0 Å². The summed E-state index contributed by atoms with van der Waals surface area (Å²) < 4.78 is 6.03. The Balaban J connectivity index is 1.52. The van der Waals surface area contributed by atoms with E-state index >= 15 is 0 Å². The lowest BCUT2D eigenvalue weighted by molar-refractivity contribution is 0.100. The monoisotopic (exact) mass is 306 g/mol.